The molecule has 282 valence electrons. The largest absolute Gasteiger partial charge is 0.481 e. The van der Waals surface area contributed by atoms with Crippen LogP contribution in [0.4, 0.5) is 0 Å². The van der Waals surface area contributed by atoms with Crippen LogP contribution in [0.5, 0.6) is 0 Å². The number of aliphatic carboxylic acids is 1. The number of carboxylic acid groups (broad SMARTS) is 1. The van der Waals surface area contributed by atoms with E-state index in [1.54, 1.807) is 0 Å². The number of carbonyl (C=O) groups is 9. The van der Waals surface area contributed by atoms with Crippen LogP contribution < -0.4 is 43.0 Å². The fourth-order valence-electron chi connectivity index (χ4n) is 5.79. The highest BCUT2D eigenvalue weighted by molar-refractivity contribution is 5.97. The van der Waals surface area contributed by atoms with Gasteiger partial charge < -0.3 is 58.1 Å². The van der Waals surface area contributed by atoms with Crippen LogP contribution in [-0.4, -0.2) is 143 Å². The van der Waals surface area contributed by atoms with Crippen LogP contribution in [0.25, 0.3) is 0 Å². The summed E-state index contributed by atoms with van der Waals surface area (Å²) in [4.78, 5) is 117. The lowest BCUT2D eigenvalue weighted by Gasteiger charge is -2.29. The highest BCUT2D eigenvalue weighted by Gasteiger charge is 2.39. The van der Waals surface area contributed by atoms with E-state index in [2.05, 4.69) is 42.2 Å². The standard InChI is InChI=1S/C30H46N10O11/c1-14(30(51)40-9-3-4-20(40)28(49)37-17(25(31)46)6-8-23(44)45)35-29(50)24(15(2)41)39-22(43)12-33-26(47)19(10-16-11-32-13-34-16)38-27(48)18-5-7-21(42)36-18/h13-20,24,41H,3-12H2,1-2H3,(H2,31,46)(H,32,34)(H,33,47)(H,35,50)(H,36,42)(H,37,49)(H,38,48)(H,39,43)(H,44,45). The van der Waals surface area contributed by atoms with Crippen molar-refractivity contribution in [2.75, 3.05) is 19.6 Å². The van der Waals surface area contributed by atoms with Gasteiger partial charge in [-0.15, -0.1) is 0 Å². The third-order valence-electron chi connectivity index (χ3n) is 8.57. The SMILES string of the molecule is CC(NC(=O)C(NC(=O)CNC(=O)C(CC1CN=CN1)NC(=O)C1CCC(=O)N1)C(C)O)C(=O)N1CCCC1C(=O)NC(CCC(=O)O)C(N)=O. The molecule has 8 atom stereocenters. The summed E-state index contributed by atoms with van der Waals surface area (Å²) in [6.07, 6.45) is 0.551. The van der Waals surface area contributed by atoms with Crippen molar-refractivity contribution in [1.82, 2.24) is 42.1 Å². The van der Waals surface area contributed by atoms with Gasteiger partial charge in [-0.3, -0.25) is 48.1 Å². The van der Waals surface area contributed by atoms with Crippen LogP contribution in [-0.2, 0) is 43.2 Å². The van der Waals surface area contributed by atoms with Gasteiger partial charge in [-0.2, -0.15) is 0 Å². The van der Waals surface area contributed by atoms with E-state index in [4.69, 9.17) is 10.8 Å². The average molecular weight is 723 g/mol. The van der Waals surface area contributed by atoms with Gasteiger partial charge in [-0.05, 0) is 46.0 Å². The van der Waals surface area contributed by atoms with Crippen molar-refractivity contribution in [3.05, 3.63) is 0 Å². The molecule has 8 amide bonds. The van der Waals surface area contributed by atoms with Gasteiger partial charge in [0.1, 0.15) is 36.3 Å². The van der Waals surface area contributed by atoms with E-state index in [9.17, 15) is 48.3 Å². The maximum atomic E-state index is 13.3. The minimum atomic E-state index is -1.56. The quantitative estimate of drug-likeness (QED) is 0.0634. The Labute approximate surface area is 292 Å². The number of aliphatic hydroxyl groups excluding tert-OH is 1. The predicted molar refractivity (Wildman–Crippen MR) is 175 cm³/mol. The number of nitrogens with two attached hydrogens (primary N) is 1. The number of hydrogen-bond donors (Lipinski definition) is 10. The summed E-state index contributed by atoms with van der Waals surface area (Å²) in [5.74, 6) is -6.90. The van der Waals surface area contributed by atoms with Gasteiger partial charge in [0.15, 0.2) is 0 Å². The molecule has 2 saturated heterocycles. The summed E-state index contributed by atoms with van der Waals surface area (Å²) < 4.78 is 0. The molecule has 2 fully saturated rings. The van der Waals surface area contributed by atoms with Crippen LogP contribution in [0.15, 0.2) is 4.99 Å². The van der Waals surface area contributed by atoms with E-state index in [-0.39, 0.29) is 50.6 Å². The maximum absolute atomic E-state index is 13.3. The number of likely N-dealkylation sites (tertiary alicyclic amines) is 1. The summed E-state index contributed by atoms with van der Waals surface area (Å²) in [7, 11) is 0. The van der Waals surface area contributed by atoms with Crippen LogP contribution in [0.3, 0.4) is 0 Å². The second-order valence-corrected chi connectivity index (χ2v) is 12.6. The number of amides is 8. The molecule has 0 aliphatic carbocycles. The Morgan fingerprint density at radius 2 is 1.71 bits per heavy atom. The second kappa shape index (κ2) is 18.6. The van der Waals surface area contributed by atoms with Gasteiger partial charge in [-0.1, -0.05) is 0 Å². The lowest BCUT2D eigenvalue weighted by Crippen LogP contribution is -2.59. The second-order valence-electron chi connectivity index (χ2n) is 12.6. The summed E-state index contributed by atoms with van der Waals surface area (Å²) in [6.45, 7) is 2.41. The molecule has 0 aromatic rings. The third kappa shape index (κ3) is 11.9. The van der Waals surface area contributed by atoms with Crippen LogP contribution in [0.2, 0.25) is 0 Å². The van der Waals surface area contributed by atoms with Crippen LogP contribution in [0, 0.1) is 0 Å². The molecule has 3 aliphatic rings. The summed E-state index contributed by atoms with van der Waals surface area (Å²) in [6, 6.07) is -7.27. The first-order chi connectivity index (χ1) is 24.1. The Balaban J connectivity index is 1.55. The van der Waals surface area contributed by atoms with Crippen LogP contribution in [0.1, 0.15) is 58.8 Å². The Morgan fingerprint density at radius 3 is 2.29 bits per heavy atom. The van der Waals surface area contributed by atoms with Gasteiger partial charge in [0.2, 0.25) is 47.3 Å². The first-order valence-electron chi connectivity index (χ1n) is 16.6. The molecular formula is C30H46N10O11. The molecule has 0 aromatic carbocycles. The third-order valence-corrected chi connectivity index (χ3v) is 8.57. The Hall–Kier alpha value is -5.34. The van der Waals surface area contributed by atoms with E-state index >= 15 is 0 Å². The topological polar surface area (TPSA) is 320 Å². The minimum Gasteiger partial charge on any atom is -0.481 e. The minimum absolute atomic E-state index is 0.112. The van der Waals surface area contributed by atoms with Crippen molar-refractivity contribution >= 4 is 59.6 Å². The van der Waals surface area contributed by atoms with Crippen molar-refractivity contribution in [2.45, 2.75) is 107 Å². The molecular weight excluding hydrogens is 676 g/mol. The van der Waals surface area contributed by atoms with Crippen molar-refractivity contribution < 1.29 is 53.4 Å². The zero-order valence-corrected chi connectivity index (χ0v) is 28.3. The van der Waals surface area contributed by atoms with Gasteiger partial charge in [-0.25, -0.2) is 0 Å². The molecule has 3 aliphatic heterocycles. The number of rotatable bonds is 18. The fraction of sp³-hybridized carbons (Fsp3) is 0.667. The molecule has 0 saturated carbocycles. The lowest BCUT2D eigenvalue weighted by atomic mass is 10.1. The summed E-state index contributed by atoms with van der Waals surface area (Å²) >= 11 is 0. The number of carbonyl (C=O) groups excluding carboxylic acids is 8. The Morgan fingerprint density at radius 1 is 1.00 bits per heavy atom. The Bertz CT molecular complexity index is 1400. The molecule has 11 N–H and O–H groups in total. The van der Waals surface area contributed by atoms with Gasteiger partial charge >= 0.3 is 5.97 Å². The van der Waals surface area contributed by atoms with Crippen molar-refractivity contribution in [2.24, 2.45) is 10.7 Å². The number of nitrogens with one attached hydrogen (secondary N) is 7. The van der Waals surface area contributed by atoms with Crippen LogP contribution >= 0.6 is 0 Å². The average Bonchev–Trinajstić information content (AvgIpc) is 3.86. The molecule has 21 nitrogen and oxygen atoms in total. The van der Waals surface area contributed by atoms with Crippen molar-refractivity contribution in [3.63, 3.8) is 0 Å². The highest BCUT2D eigenvalue weighted by atomic mass is 16.4. The number of primary amides is 1. The molecule has 0 bridgehead atoms. The number of carboxylic acids is 1. The van der Waals surface area contributed by atoms with Gasteiger partial charge in [0.05, 0.1) is 25.5 Å². The molecule has 51 heavy (non-hydrogen) atoms. The number of aliphatic hydroxyl groups is 1. The molecule has 21 heteroatoms. The first kappa shape index (κ1) is 40.1. The zero-order chi connectivity index (χ0) is 37.8. The monoisotopic (exact) mass is 722 g/mol. The number of aliphatic imine (C=N–C) groups is 1. The Kier molecular flexibility index (Phi) is 14.6. The maximum Gasteiger partial charge on any atom is 0.303 e. The highest BCUT2D eigenvalue weighted by Crippen LogP contribution is 2.19. The van der Waals surface area contributed by atoms with Gasteiger partial charge in [0.25, 0.3) is 0 Å². The van der Waals surface area contributed by atoms with E-state index in [0.29, 0.717) is 13.0 Å². The van der Waals surface area contributed by atoms with Crippen molar-refractivity contribution in [3.8, 4) is 0 Å². The molecule has 8 unspecified atom stereocenters. The normalized spacial score (nSPS) is 22.3. The summed E-state index contributed by atoms with van der Waals surface area (Å²) in [5.41, 5.74) is 5.29. The fourth-order valence-corrected chi connectivity index (χ4v) is 5.79. The van der Waals surface area contributed by atoms with E-state index < -0.39 is 103 Å². The predicted octanol–water partition coefficient (Wildman–Crippen LogP) is -5.55. The van der Waals surface area contributed by atoms with E-state index in [0.717, 1.165) is 0 Å². The summed E-state index contributed by atoms with van der Waals surface area (Å²) in [5, 5.41) is 36.8. The first-order valence-corrected chi connectivity index (χ1v) is 16.6. The molecule has 3 rings (SSSR count). The van der Waals surface area contributed by atoms with Gasteiger partial charge in [0, 0.05) is 25.4 Å². The molecule has 0 aromatic heterocycles. The molecule has 0 spiro atoms. The molecule has 3 heterocycles. The van der Waals surface area contributed by atoms with E-state index in [1.807, 2.05) is 0 Å². The lowest BCUT2D eigenvalue weighted by molar-refractivity contribution is -0.142. The van der Waals surface area contributed by atoms with E-state index in [1.165, 1.54) is 25.1 Å². The smallest absolute Gasteiger partial charge is 0.303 e. The molecule has 0 radical (unpaired) electrons. The van der Waals surface area contributed by atoms with Crippen molar-refractivity contribution in [1.29, 1.82) is 0 Å². The number of hydrogen-bond acceptors (Lipinski definition) is 12. The zero-order valence-electron chi connectivity index (χ0n) is 28.3. The number of nitrogens with zero attached hydrogens (tertiary/aromatic N) is 2.